The van der Waals surface area contributed by atoms with Gasteiger partial charge in [-0.25, -0.2) is 4.79 Å². The zero-order chi connectivity index (χ0) is 34.9. The second-order valence-corrected chi connectivity index (χ2v) is 14.4. The predicted molar refractivity (Wildman–Crippen MR) is 193 cm³/mol. The molecule has 2 aliphatic heterocycles. The molecular weight excluding hydrogens is 669 g/mol. The molecule has 0 saturated carbocycles. The normalized spacial score (nSPS) is 17.9. The minimum atomic E-state index is -3.91. The number of benzene rings is 3. The first-order chi connectivity index (χ1) is 22.9. The van der Waals surface area contributed by atoms with Crippen LogP contribution in [-0.4, -0.2) is 49.0 Å². The number of allylic oxidation sites excluding steroid dienone is 3. The van der Waals surface area contributed by atoms with E-state index in [0.29, 0.717) is 30.0 Å². The first-order valence-electron chi connectivity index (χ1n) is 15.8. The molecule has 0 bridgehead atoms. The number of aliphatic hydroxyl groups is 1. The van der Waals surface area contributed by atoms with Crippen molar-refractivity contribution in [2.75, 3.05) is 37.9 Å². The highest BCUT2D eigenvalue weighted by atomic mass is 35.5. The van der Waals surface area contributed by atoms with Crippen molar-refractivity contribution in [2.24, 2.45) is 5.41 Å². The number of nitrogens with zero attached hydrogens (tertiary/aromatic N) is 2. The van der Waals surface area contributed by atoms with Crippen LogP contribution in [-0.2, 0) is 29.7 Å². The maximum Gasteiger partial charge on any atom is 0.360 e. The summed E-state index contributed by atoms with van der Waals surface area (Å²) in [7, 11) is -3.91. The molecule has 1 fully saturated rings. The lowest BCUT2D eigenvalue weighted by atomic mass is 9.86. The van der Waals surface area contributed by atoms with E-state index in [1.807, 2.05) is 74.5 Å². The van der Waals surface area contributed by atoms with Crippen LogP contribution in [0, 0.1) is 15.5 Å². The highest BCUT2D eigenvalue weighted by Crippen LogP contribution is 2.66. The number of dihydropyridines is 1. The number of nitro benzene ring substituents is 1. The van der Waals surface area contributed by atoms with E-state index in [1.165, 1.54) is 12.1 Å². The van der Waals surface area contributed by atoms with E-state index < -0.39 is 24.4 Å². The Hall–Kier alpha value is -3.99. The Morgan fingerprint density at radius 2 is 1.61 bits per heavy atom. The van der Waals surface area contributed by atoms with E-state index in [4.69, 9.17) is 18.9 Å². The zero-order valence-corrected chi connectivity index (χ0v) is 30.2. The number of ether oxygens (including phenoxy) is 1. The Kier molecular flexibility index (Phi) is 14.2. The molecule has 0 spiro atoms. The molecule has 3 aromatic carbocycles. The lowest BCUT2D eigenvalue weighted by Gasteiger charge is -2.39. The quantitative estimate of drug-likeness (QED) is 0.0929. The molecule has 13 heteroatoms. The maximum absolute atomic E-state index is 14.3. The molecule has 0 radical (unpaired) electrons. The number of carbonyl (C=O) groups excluding carboxylic acids is 1. The Balaban J connectivity index is 0.00000157. The summed E-state index contributed by atoms with van der Waals surface area (Å²) in [6.45, 7) is 10.7. The molecule has 1 saturated heterocycles. The van der Waals surface area contributed by atoms with Crippen molar-refractivity contribution in [3.05, 3.63) is 128 Å². The van der Waals surface area contributed by atoms with Gasteiger partial charge in [0, 0.05) is 47.8 Å². The summed E-state index contributed by atoms with van der Waals surface area (Å²) in [4.78, 5) is 27.3. The van der Waals surface area contributed by atoms with Gasteiger partial charge in [-0.3, -0.25) is 14.7 Å². The molecule has 2 heterocycles. The third kappa shape index (κ3) is 10.0. The summed E-state index contributed by atoms with van der Waals surface area (Å²) in [6.07, 6.45) is 0. The van der Waals surface area contributed by atoms with Crippen molar-refractivity contribution in [2.45, 2.75) is 47.1 Å². The number of aliphatic hydroxyl groups excluding tert-OH is 1. The van der Waals surface area contributed by atoms with Crippen LogP contribution in [0.3, 0.4) is 0 Å². The average molecular weight is 714 g/mol. The van der Waals surface area contributed by atoms with Crippen LogP contribution in [0.2, 0.25) is 0 Å². The molecule has 49 heavy (non-hydrogen) atoms. The number of rotatable bonds is 10. The number of nitro groups is 1. The molecule has 0 amide bonds. The van der Waals surface area contributed by atoms with Crippen molar-refractivity contribution in [1.82, 2.24) is 5.32 Å². The van der Waals surface area contributed by atoms with Gasteiger partial charge in [-0.15, -0.1) is 12.4 Å². The van der Waals surface area contributed by atoms with Gasteiger partial charge in [-0.1, -0.05) is 74.5 Å². The van der Waals surface area contributed by atoms with E-state index in [-0.39, 0.29) is 60.8 Å². The third-order valence-electron chi connectivity index (χ3n) is 7.84. The van der Waals surface area contributed by atoms with Crippen molar-refractivity contribution < 1.29 is 33.2 Å². The van der Waals surface area contributed by atoms with Crippen LogP contribution >= 0.6 is 20.0 Å². The van der Waals surface area contributed by atoms with Crippen LogP contribution in [0.4, 0.5) is 11.4 Å². The van der Waals surface area contributed by atoms with Gasteiger partial charge in [0.15, 0.2) is 0 Å². The number of nitrogens with one attached hydrogen (secondary N) is 1. The van der Waals surface area contributed by atoms with Crippen molar-refractivity contribution in [3.8, 4) is 0 Å². The maximum atomic E-state index is 14.3. The first kappa shape index (κ1) is 39.4. The van der Waals surface area contributed by atoms with Gasteiger partial charge in [-0.05, 0) is 44.0 Å². The smallest absolute Gasteiger partial charge is 0.360 e. The van der Waals surface area contributed by atoms with Crippen molar-refractivity contribution >= 4 is 37.3 Å². The van der Waals surface area contributed by atoms with Gasteiger partial charge >= 0.3 is 13.6 Å². The summed E-state index contributed by atoms with van der Waals surface area (Å²) < 4.78 is 32.1. The van der Waals surface area contributed by atoms with Gasteiger partial charge in [-0.2, -0.15) is 0 Å². The van der Waals surface area contributed by atoms with Crippen molar-refractivity contribution in [3.63, 3.8) is 0 Å². The van der Waals surface area contributed by atoms with E-state index in [0.717, 1.165) is 11.3 Å². The minimum absolute atomic E-state index is 0. The lowest BCUT2D eigenvalue weighted by molar-refractivity contribution is -0.384. The Morgan fingerprint density at radius 1 is 1.02 bits per heavy atom. The molecule has 2 N–H and O–H groups in total. The summed E-state index contributed by atoms with van der Waals surface area (Å²) in [6, 6.07) is 25.9. The summed E-state index contributed by atoms with van der Waals surface area (Å²) in [5.41, 5.74) is 3.18. The fourth-order valence-electron chi connectivity index (χ4n) is 5.57. The first-order valence-corrected chi connectivity index (χ1v) is 17.4. The highest BCUT2D eigenvalue weighted by molar-refractivity contribution is 7.58. The largest absolute Gasteiger partial charge is 0.460 e. The molecule has 0 aliphatic carbocycles. The van der Waals surface area contributed by atoms with Crippen LogP contribution < -0.4 is 10.2 Å². The highest BCUT2D eigenvalue weighted by Gasteiger charge is 2.48. The number of hydrogen-bond donors (Lipinski definition) is 2. The van der Waals surface area contributed by atoms with Gasteiger partial charge in [0.25, 0.3) is 5.69 Å². The number of halogens is 1. The predicted octanol–water partition coefficient (Wildman–Crippen LogP) is 7.72. The zero-order valence-electron chi connectivity index (χ0n) is 28.5. The molecule has 2 aliphatic rings. The molecular formula is C36H45ClN3O8P. The van der Waals surface area contributed by atoms with Crippen molar-refractivity contribution in [1.29, 1.82) is 0 Å². The second-order valence-electron chi connectivity index (χ2n) is 12.4. The molecule has 0 unspecified atom stereocenters. The summed E-state index contributed by atoms with van der Waals surface area (Å²) in [5.74, 6) is -1.58. The fraction of sp³-hybridized carbons (Fsp3) is 0.361. The molecule has 0 aromatic heterocycles. The number of non-ortho nitro benzene ring substituents is 1. The van der Waals surface area contributed by atoms with Crippen LogP contribution in [0.1, 0.15) is 51.7 Å². The number of esters is 1. The number of hydrogen-bond acceptors (Lipinski definition) is 10. The summed E-state index contributed by atoms with van der Waals surface area (Å²) in [5, 5.41) is 22.7. The van der Waals surface area contributed by atoms with Crippen LogP contribution in [0.25, 0.3) is 0 Å². The third-order valence-corrected chi connectivity index (χ3v) is 9.96. The van der Waals surface area contributed by atoms with E-state index >= 15 is 0 Å². The van der Waals surface area contributed by atoms with Gasteiger partial charge < -0.3 is 29.1 Å². The number of para-hydroxylation sites is 1. The lowest BCUT2D eigenvalue weighted by Crippen LogP contribution is -2.34. The van der Waals surface area contributed by atoms with Gasteiger partial charge in [0.05, 0.1) is 41.5 Å². The number of anilines is 1. The van der Waals surface area contributed by atoms with Crippen LogP contribution in [0.5, 0.6) is 0 Å². The molecule has 264 valence electrons. The molecule has 5 rings (SSSR count). The Morgan fingerprint density at radius 3 is 2.20 bits per heavy atom. The van der Waals surface area contributed by atoms with E-state index in [2.05, 4.69) is 10.2 Å². The van der Waals surface area contributed by atoms with Gasteiger partial charge in [0.2, 0.25) is 0 Å². The molecule has 3 aromatic rings. The topological polar surface area (TPSA) is 140 Å². The Labute approximate surface area is 294 Å². The molecule has 1 atom stereocenters. The fourth-order valence-corrected chi connectivity index (χ4v) is 8.02. The monoisotopic (exact) mass is 713 g/mol. The van der Waals surface area contributed by atoms with Gasteiger partial charge in [0.1, 0.15) is 6.61 Å². The minimum Gasteiger partial charge on any atom is -0.460 e. The Bertz CT molecular complexity index is 1680. The summed E-state index contributed by atoms with van der Waals surface area (Å²) >= 11 is 0. The second kappa shape index (κ2) is 17.6. The van der Waals surface area contributed by atoms with Crippen LogP contribution in [0.15, 0.2) is 107 Å². The average Bonchev–Trinajstić information content (AvgIpc) is 3.06. The SMILES string of the molecule is CC1=C(C(=O)OCCN(Cc2ccccc2)c2ccccc2)[C@@H](c2cccc([N+](=O)[O-])c2)C(P2(=O)OCC(C)(C)CO2)=C(C)N1.CCO.Cl. The number of carbonyl (C=O) groups is 1. The standard InChI is InChI=1S/C34H38N3O7P.C2H6O.ClH/c1-24-30(33(38)42-19-18-36(28-15-9-6-10-16-28)21-26-12-7-5-8-13-26)31(27-14-11-17-29(20-27)37(39)40)32(25(2)35-24)45(41)43-22-34(3,4)23-44-45;1-2-3;/h5-17,20,31,35H,18-19,21-23H2,1-4H3;3H,2H2,1H3;1H/t31-;;/m1../s1. The van der Waals surface area contributed by atoms with E-state index in [9.17, 15) is 19.5 Å². The van der Waals surface area contributed by atoms with E-state index in [1.54, 1.807) is 32.9 Å². The molecule has 11 nitrogen and oxygen atoms in total.